The molecule has 0 fully saturated rings. The second-order valence-electron chi connectivity index (χ2n) is 5.45. The van der Waals surface area contributed by atoms with Crippen molar-refractivity contribution in [2.24, 2.45) is 0 Å². The second-order valence-corrected chi connectivity index (χ2v) is 5.89. The SMILES string of the molecule is COc1cc(/C=C/C(=O)c2cc3cc(Cl)ccc3o2)cc(OC)c1OC. The highest BCUT2D eigenvalue weighted by Gasteiger charge is 2.13. The van der Waals surface area contributed by atoms with Gasteiger partial charge in [-0.25, -0.2) is 0 Å². The van der Waals surface area contributed by atoms with Gasteiger partial charge in [-0.1, -0.05) is 17.7 Å². The van der Waals surface area contributed by atoms with Crippen LogP contribution in [0.1, 0.15) is 16.1 Å². The highest BCUT2D eigenvalue weighted by atomic mass is 35.5. The first kappa shape index (κ1) is 17.9. The quantitative estimate of drug-likeness (QED) is 0.449. The summed E-state index contributed by atoms with van der Waals surface area (Å²) in [7, 11) is 4.61. The standard InChI is InChI=1S/C20H17ClO5/c1-23-18-8-12(9-19(24-2)20(18)25-3)4-6-15(22)17-11-13-10-14(21)5-7-16(13)26-17/h4-11H,1-3H3/b6-4+. The van der Waals surface area contributed by atoms with Gasteiger partial charge in [-0.15, -0.1) is 0 Å². The van der Waals surface area contributed by atoms with E-state index in [-0.39, 0.29) is 11.5 Å². The Labute approximate surface area is 155 Å². The molecule has 6 heteroatoms. The summed E-state index contributed by atoms with van der Waals surface area (Å²) in [6.45, 7) is 0. The van der Waals surface area contributed by atoms with Gasteiger partial charge in [0.15, 0.2) is 17.3 Å². The third-order valence-corrected chi connectivity index (χ3v) is 4.07. The lowest BCUT2D eigenvalue weighted by molar-refractivity contribution is 0.102. The number of benzene rings is 2. The minimum absolute atomic E-state index is 0.242. The van der Waals surface area contributed by atoms with Crippen molar-refractivity contribution in [2.75, 3.05) is 21.3 Å². The van der Waals surface area contributed by atoms with E-state index in [9.17, 15) is 4.79 Å². The van der Waals surface area contributed by atoms with E-state index in [1.165, 1.54) is 27.4 Å². The van der Waals surface area contributed by atoms with E-state index in [0.29, 0.717) is 27.9 Å². The van der Waals surface area contributed by atoms with Gasteiger partial charge in [-0.3, -0.25) is 4.79 Å². The summed E-state index contributed by atoms with van der Waals surface area (Å²) in [4.78, 5) is 12.4. The van der Waals surface area contributed by atoms with E-state index in [0.717, 1.165) is 10.9 Å². The fourth-order valence-electron chi connectivity index (χ4n) is 2.59. The van der Waals surface area contributed by atoms with E-state index in [1.807, 2.05) is 0 Å². The van der Waals surface area contributed by atoms with Crippen LogP contribution in [0.5, 0.6) is 17.2 Å². The van der Waals surface area contributed by atoms with E-state index in [2.05, 4.69) is 0 Å². The van der Waals surface area contributed by atoms with Gasteiger partial charge in [0, 0.05) is 10.4 Å². The van der Waals surface area contributed by atoms with Crippen molar-refractivity contribution >= 4 is 34.4 Å². The van der Waals surface area contributed by atoms with Gasteiger partial charge in [0.2, 0.25) is 11.5 Å². The Morgan fingerprint density at radius 3 is 2.31 bits per heavy atom. The molecule has 0 amide bonds. The Morgan fingerprint density at radius 1 is 1.00 bits per heavy atom. The minimum atomic E-state index is -0.258. The van der Waals surface area contributed by atoms with Crippen molar-refractivity contribution in [3.8, 4) is 17.2 Å². The van der Waals surface area contributed by atoms with Gasteiger partial charge in [-0.05, 0) is 48.0 Å². The number of carbonyl (C=O) groups is 1. The van der Waals surface area contributed by atoms with Crippen LogP contribution in [-0.2, 0) is 0 Å². The topological polar surface area (TPSA) is 57.9 Å². The molecule has 0 aliphatic rings. The molecule has 0 N–H and O–H groups in total. The largest absolute Gasteiger partial charge is 0.493 e. The summed E-state index contributed by atoms with van der Waals surface area (Å²) in [5.74, 6) is 1.50. The van der Waals surface area contributed by atoms with Crippen molar-refractivity contribution < 1.29 is 23.4 Å². The highest BCUT2D eigenvalue weighted by molar-refractivity contribution is 6.31. The van der Waals surface area contributed by atoms with Crippen LogP contribution >= 0.6 is 11.6 Å². The normalized spacial score (nSPS) is 11.1. The maximum absolute atomic E-state index is 12.4. The molecular formula is C20H17ClO5. The van der Waals surface area contributed by atoms with Gasteiger partial charge in [-0.2, -0.15) is 0 Å². The molecule has 0 aliphatic carbocycles. The van der Waals surface area contributed by atoms with Crippen molar-refractivity contribution in [3.63, 3.8) is 0 Å². The molecule has 0 saturated carbocycles. The van der Waals surface area contributed by atoms with Gasteiger partial charge in [0.1, 0.15) is 5.58 Å². The monoisotopic (exact) mass is 372 g/mol. The number of hydrogen-bond acceptors (Lipinski definition) is 5. The summed E-state index contributed by atoms with van der Waals surface area (Å²) in [6.07, 6.45) is 3.09. The molecule has 0 radical (unpaired) electrons. The first-order valence-corrected chi connectivity index (χ1v) is 8.15. The lowest BCUT2D eigenvalue weighted by atomic mass is 10.1. The molecule has 0 atom stereocenters. The molecule has 2 aromatic carbocycles. The molecule has 0 bridgehead atoms. The Morgan fingerprint density at radius 2 is 1.69 bits per heavy atom. The van der Waals surface area contributed by atoms with Crippen LogP contribution in [0.4, 0.5) is 0 Å². The predicted molar refractivity (Wildman–Crippen MR) is 101 cm³/mol. The Hall–Kier alpha value is -2.92. The minimum Gasteiger partial charge on any atom is -0.493 e. The first-order chi connectivity index (χ1) is 12.5. The van der Waals surface area contributed by atoms with Crippen molar-refractivity contribution in [1.29, 1.82) is 0 Å². The number of fused-ring (bicyclic) bond motifs is 1. The smallest absolute Gasteiger partial charge is 0.221 e. The van der Waals surface area contributed by atoms with Crippen molar-refractivity contribution in [3.05, 3.63) is 58.8 Å². The number of furan rings is 1. The van der Waals surface area contributed by atoms with Crippen LogP contribution in [0.15, 0.2) is 46.9 Å². The fourth-order valence-corrected chi connectivity index (χ4v) is 2.77. The van der Waals surface area contributed by atoms with E-state index in [1.54, 1.807) is 42.5 Å². The highest BCUT2D eigenvalue weighted by Crippen LogP contribution is 2.38. The fraction of sp³-hybridized carbons (Fsp3) is 0.150. The maximum Gasteiger partial charge on any atom is 0.221 e. The molecule has 0 unspecified atom stereocenters. The summed E-state index contributed by atoms with van der Waals surface area (Å²) in [5.41, 5.74) is 1.34. The lowest BCUT2D eigenvalue weighted by Crippen LogP contribution is -1.96. The Bertz CT molecular complexity index is 962. The lowest BCUT2D eigenvalue weighted by Gasteiger charge is -2.12. The zero-order valence-electron chi connectivity index (χ0n) is 14.5. The number of halogens is 1. The molecule has 134 valence electrons. The summed E-state index contributed by atoms with van der Waals surface area (Å²) in [5, 5.41) is 1.37. The van der Waals surface area contributed by atoms with Gasteiger partial charge in [0.25, 0.3) is 0 Å². The number of hydrogen-bond donors (Lipinski definition) is 0. The van der Waals surface area contributed by atoms with Crippen LogP contribution in [0, 0.1) is 0 Å². The second kappa shape index (κ2) is 7.54. The van der Waals surface area contributed by atoms with Gasteiger partial charge in [0.05, 0.1) is 21.3 Å². The number of methoxy groups -OCH3 is 3. The number of ether oxygens (including phenoxy) is 3. The summed E-state index contributed by atoms with van der Waals surface area (Å²) >= 11 is 5.96. The van der Waals surface area contributed by atoms with E-state index >= 15 is 0 Å². The zero-order valence-corrected chi connectivity index (χ0v) is 15.3. The molecule has 0 saturated heterocycles. The molecule has 1 heterocycles. The first-order valence-electron chi connectivity index (χ1n) is 7.77. The summed E-state index contributed by atoms with van der Waals surface area (Å²) < 4.78 is 21.5. The Kier molecular flexibility index (Phi) is 5.19. The van der Waals surface area contributed by atoms with Crippen LogP contribution in [0.25, 0.3) is 17.0 Å². The van der Waals surface area contributed by atoms with Crippen molar-refractivity contribution in [1.82, 2.24) is 0 Å². The third kappa shape index (κ3) is 3.53. The maximum atomic E-state index is 12.4. The van der Waals surface area contributed by atoms with Crippen LogP contribution < -0.4 is 14.2 Å². The number of carbonyl (C=O) groups excluding carboxylic acids is 1. The summed E-state index contributed by atoms with van der Waals surface area (Å²) in [6, 6.07) is 10.4. The third-order valence-electron chi connectivity index (χ3n) is 3.84. The molecule has 5 nitrogen and oxygen atoms in total. The number of rotatable bonds is 6. The van der Waals surface area contributed by atoms with Gasteiger partial charge < -0.3 is 18.6 Å². The zero-order chi connectivity index (χ0) is 18.7. The molecule has 0 spiro atoms. The van der Waals surface area contributed by atoms with E-state index in [4.69, 9.17) is 30.2 Å². The Balaban J connectivity index is 1.89. The van der Waals surface area contributed by atoms with Crippen LogP contribution in [-0.4, -0.2) is 27.1 Å². The van der Waals surface area contributed by atoms with Crippen molar-refractivity contribution in [2.45, 2.75) is 0 Å². The number of ketones is 1. The van der Waals surface area contributed by atoms with E-state index < -0.39 is 0 Å². The van der Waals surface area contributed by atoms with Crippen LogP contribution in [0.3, 0.4) is 0 Å². The molecule has 3 aromatic rings. The average Bonchev–Trinajstić information content (AvgIpc) is 3.08. The molecule has 0 aliphatic heterocycles. The molecule has 26 heavy (non-hydrogen) atoms. The predicted octanol–water partition coefficient (Wildman–Crippen LogP) is 5.01. The number of allylic oxidation sites excluding steroid dienone is 1. The van der Waals surface area contributed by atoms with Crippen LogP contribution in [0.2, 0.25) is 5.02 Å². The molecular weight excluding hydrogens is 356 g/mol. The molecule has 3 rings (SSSR count). The van der Waals surface area contributed by atoms with Gasteiger partial charge >= 0.3 is 0 Å². The molecule has 1 aromatic heterocycles. The average molecular weight is 373 g/mol.